The monoisotopic (exact) mass is 332 g/mol. The van der Waals surface area contributed by atoms with Crippen LogP contribution in [-0.2, 0) is 15.7 Å². The standard InChI is InChI=1S/C14H15F3N2O4/c15-14(16,17)10-2-1-9(7-18-10)11(20)19-8-13(12(21)22)3-5-23-6-4-13/h1-2,7H,3-6,8H2,(H,19,20)(H,21,22). The molecule has 2 N–H and O–H groups in total. The molecule has 126 valence electrons. The summed E-state index contributed by atoms with van der Waals surface area (Å²) in [6.07, 6.45) is -3.25. The van der Waals surface area contributed by atoms with Crippen LogP contribution in [0.5, 0.6) is 0 Å². The molecule has 1 aliphatic rings. The molecular formula is C14H15F3N2O4. The van der Waals surface area contributed by atoms with Gasteiger partial charge in [-0.25, -0.2) is 0 Å². The molecule has 23 heavy (non-hydrogen) atoms. The Bertz CT molecular complexity index is 581. The number of hydrogen-bond acceptors (Lipinski definition) is 4. The lowest BCUT2D eigenvalue weighted by Crippen LogP contribution is -2.46. The summed E-state index contributed by atoms with van der Waals surface area (Å²) < 4.78 is 42.4. The fourth-order valence-corrected chi connectivity index (χ4v) is 2.28. The number of carbonyl (C=O) groups is 2. The van der Waals surface area contributed by atoms with E-state index in [0.29, 0.717) is 6.07 Å². The first-order chi connectivity index (χ1) is 10.7. The molecule has 2 rings (SSSR count). The molecule has 1 fully saturated rings. The van der Waals surface area contributed by atoms with Gasteiger partial charge in [0.15, 0.2) is 0 Å². The first-order valence-corrected chi connectivity index (χ1v) is 6.87. The van der Waals surface area contributed by atoms with Crippen LogP contribution in [0.25, 0.3) is 0 Å². The number of rotatable bonds is 4. The number of nitrogens with zero attached hydrogens (tertiary/aromatic N) is 1. The second kappa shape index (κ2) is 6.53. The normalized spacial score (nSPS) is 17.5. The Hall–Kier alpha value is -2.16. The number of alkyl halides is 3. The van der Waals surface area contributed by atoms with Crippen LogP contribution in [0.2, 0.25) is 0 Å². The van der Waals surface area contributed by atoms with Gasteiger partial charge in [0.25, 0.3) is 5.91 Å². The molecule has 1 aromatic heterocycles. The molecule has 0 aliphatic carbocycles. The van der Waals surface area contributed by atoms with Crippen molar-refractivity contribution >= 4 is 11.9 Å². The molecule has 6 nitrogen and oxygen atoms in total. The van der Waals surface area contributed by atoms with E-state index in [2.05, 4.69) is 10.3 Å². The zero-order valence-corrected chi connectivity index (χ0v) is 12.0. The predicted molar refractivity (Wildman–Crippen MR) is 71.7 cm³/mol. The molecule has 0 spiro atoms. The maximum atomic E-state index is 12.4. The molecule has 0 bridgehead atoms. The number of aromatic nitrogens is 1. The van der Waals surface area contributed by atoms with Crippen molar-refractivity contribution in [3.05, 3.63) is 29.6 Å². The van der Waals surface area contributed by atoms with Crippen LogP contribution in [0.15, 0.2) is 18.3 Å². The third kappa shape index (κ3) is 3.98. The van der Waals surface area contributed by atoms with Gasteiger partial charge >= 0.3 is 12.1 Å². The summed E-state index contributed by atoms with van der Waals surface area (Å²) in [6, 6.07) is 1.71. The number of amides is 1. The van der Waals surface area contributed by atoms with Gasteiger partial charge in [0.2, 0.25) is 0 Å². The number of halogens is 3. The zero-order valence-electron chi connectivity index (χ0n) is 12.0. The summed E-state index contributed by atoms with van der Waals surface area (Å²) in [7, 11) is 0. The Morgan fingerprint density at radius 2 is 1.96 bits per heavy atom. The highest BCUT2D eigenvalue weighted by atomic mass is 19.4. The van der Waals surface area contributed by atoms with Crippen LogP contribution in [0.3, 0.4) is 0 Å². The van der Waals surface area contributed by atoms with Crippen LogP contribution in [0.1, 0.15) is 28.9 Å². The lowest BCUT2D eigenvalue weighted by atomic mass is 9.80. The number of carbonyl (C=O) groups excluding carboxylic acids is 1. The second-order valence-corrected chi connectivity index (χ2v) is 5.31. The van der Waals surface area contributed by atoms with Crippen molar-refractivity contribution in [1.29, 1.82) is 0 Å². The summed E-state index contributed by atoms with van der Waals surface area (Å²) in [5.41, 5.74) is -2.28. The minimum atomic E-state index is -4.58. The van der Waals surface area contributed by atoms with Gasteiger partial charge in [0.05, 0.1) is 11.0 Å². The average molecular weight is 332 g/mol. The van der Waals surface area contributed by atoms with Crippen LogP contribution in [-0.4, -0.2) is 41.7 Å². The lowest BCUT2D eigenvalue weighted by molar-refractivity contribution is -0.154. The molecule has 1 aromatic rings. The summed E-state index contributed by atoms with van der Waals surface area (Å²) in [5, 5.41) is 11.8. The van der Waals surface area contributed by atoms with Gasteiger partial charge in [-0.15, -0.1) is 0 Å². The van der Waals surface area contributed by atoms with Crippen molar-refractivity contribution in [3.63, 3.8) is 0 Å². The van der Waals surface area contributed by atoms with Gasteiger partial charge in [-0.1, -0.05) is 0 Å². The van der Waals surface area contributed by atoms with Gasteiger partial charge in [0, 0.05) is 26.0 Å². The average Bonchev–Trinajstić information content (AvgIpc) is 2.52. The Kier molecular flexibility index (Phi) is 4.88. The van der Waals surface area contributed by atoms with Crippen LogP contribution in [0.4, 0.5) is 13.2 Å². The number of ether oxygens (including phenoxy) is 1. The van der Waals surface area contributed by atoms with E-state index >= 15 is 0 Å². The lowest BCUT2D eigenvalue weighted by Gasteiger charge is -2.33. The van der Waals surface area contributed by atoms with Crippen molar-refractivity contribution in [2.45, 2.75) is 19.0 Å². The second-order valence-electron chi connectivity index (χ2n) is 5.31. The van der Waals surface area contributed by atoms with Crippen molar-refractivity contribution in [2.75, 3.05) is 19.8 Å². The molecule has 1 aliphatic heterocycles. The quantitative estimate of drug-likeness (QED) is 0.876. The highest BCUT2D eigenvalue weighted by molar-refractivity contribution is 5.94. The van der Waals surface area contributed by atoms with Gasteiger partial charge in [0.1, 0.15) is 5.69 Å². The van der Waals surface area contributed by atoms with E-state index in [-0.39, 0.29) is 38.2 Å². The van der Waals surface area contributed by atoms with Crippen LogP contribution < -0.4 is 5.32 Å². The van der Waals surface area contributed by atoms with Gasteiger partial charge in [-0.3, -0.25) is 14.6 Å². The fourth-order valence-electron chi connectivity index (χ4n) is 2.28. The molecule has 0 radical (unpaired) electrons. The summed E-state index contributed by atoms with van der Waals surface area (Å²) >= 11 is 0. The molecule has 1 saturated heterocycles. The first kappa shape index (κ1) is 17.2. The van der Waals surface area contributed by atoms with E-state index < -0.39 is 29.2 Å². The molecule has 0 unspecified atom stereocenters. The molecule has 1 amide bonds. The summed E-state index contributed by atoms with van der Waals surface area (Å²) in [6.45, 7) is 0.444. The Morgan fingerprint density at radius 3 is 2.43 bits per heavy atom. The topological polar surface area (TPSA) is 88.5 Å². The van der Waals surface area contributed by atoms with E-state index in [1.807, 2.05) is 0 Å². The van der Waals surface area contributed by atoms with Gasteiger partial charge in [-0.05, 0) is 25.0 Å². The highest BCUT2D eigenvalue weighted by Crippen LogP contribution is 2.30. The van der Waals surface area contributed by atoms with Crippen LogP contribution in [0, 0.1) is 5.41 Å². The van der Waals surface area contributed by atoms with Gasteiger partial charge < -0.3 is 15.2 Å². The highest BCUT2D eigenvalue weighted by Gasteiger charge is 2.40. The van der Waals surface area contributed by atoms with Crippen molar-refractivity contribution in [1.82, 2.24) is 10.3 Å². The third-order valence-corrected chi connectivity index (χ3v) is 3.81. The number of aliphatic carboxylic acids is 1. The Morgan fingerprint density at radius 1 is 1.30 bits per heavy atom. The number of pyridine rings is 1. The van der Waals surface area contributed by atoms with Crippen LogP contribution >= 0.6 is 0 Å². The summed E-state index contributed by atoms with van der Waals surface area (Å²) in [5.74, 6) is -1.70. The maximum Gasteiger partial charge on any atom is 0.433 e. The van der Waals surface area contributed by atoms with E-state index in [0.717, 1.165) is 12.3 Å². The summed E-state index contributed by atoms with van der Waals surface area (Å²) in [4.78, 5) is 26.6. The zero-order chi connectivity index (χ0) is 17.1. The van der Waals surface area contributed by atoms with E-state index in [4.69, 9.17) is 4.74 Å². The largest absolute Gasteiger partial charge is 0.481 e. The Labute approximate surface area is 129 Å². The number of hydrogen-bond donors (Lipinski definition) is 2. The third-order valence-electron chi connectivity index (χ3n) is 3.81. The van der Waals surface area contributed by atoms with E-state index in [9.17, 15) is 27.9 Å². The number of carboxylic acid groups (broad SMARTS) is 1. The van der Waals surface area contributed by atoms with Crippen molar-refractivity contribution in [3.8, 4) is 0 Å². The maximum absolute atomic E-state index is 12.4. The minimum Gasteiger partial charge on any atom is -0.481 e. The fraction of sp³-hybridized carbons (Fsp3) is 0.500. The van der Waals surface area contributed by atoms with E-state index in [1.165, 1.54) is 0 Å². The van der Waals surface area contributed by atoms with Crippen molar-refractivity contribution in [2.24, 2.45) is 5.41 Å². The van der Waals surface area contributed by atoms with Gasteiger partial charge in [-0.2, -0.15) is 13.2 Å². The smallest absolute Gasteiger partial charge is 0.433 e. The van der Waals surface area contributed by atoms with Crippen molar-refractivity contribution < 1.29 is 32.6 Å². The molecule has 0 saturated carbocycles. The molecule has 9 heteroatoms. The SMILES string of the molecule is O=C(NCC1(C(=O)O)CCOCC1)c1ccc(C(F)(F)F)nc1. The molecule has 0 aromatic carbocycles. The Balaban J connectivity index is 2.02. The van der Waals surface area contributed by atoms with E-state index in [1.54, 1.807) is 0 Å². The predicted octanol–water partition coefficient (Wildman–Crippen LogP) is 1.71. The molecular weight excluding hydrogens is 317 g/mol. The molecule has 0 atom stereocenters. The first-order valence-electron chi connectivity index (χ1n) is 6.87. The minimum absolute atomic E-state index is 0.0643. The number of carboxylic acids is 1. The number of nitrogens with one attached hydrogen (secondary N) is 1. The molecule has 2 heterocycles.